The van der Waals surface area contributed by atoms with Crippen LogP contribution < -0.4 is 14.4 Å². The molecular weight excluding hydrogens is 440 g/mol. The molecule has 0 saturated heterocycles. The number of hydrogen-bond donors (Lipinski definition) is 1. The van der Waals surface area contributed by atoms with Crippen LogP contribution in [0.15, 0.2) is 78.9 Å². The largest absolute Gasteiger partial charge is 0.457 e. The summed E-state index contributed by atoms with van der Waals surface area (Å²) in [4.78, 5) is 12.4. The summed E-state index contributed by atoms with van der Waals surface area (Å²) < 4.78 is 37.9. The van der Waals surface area contributed by atoms with Gasteiger partial charge in [-0.3, -0.25) is 9.10 Å². The lowest BCUT2D eigenvalue weighted by atomic mass is 10.2. The third kappa shape index (κ3) is 7.06. The van der Waals surface area contributed by atoms with Crippen LogP contribution in [0.1, 0.15) is 11.1 Å². The Hall–Kier alpha value is -3.36. The van der Waals surface area contributed by atoms with Gasteiger partial charge in [0.15, 0.2) is 6.10 Å². The fourth-order valence-electron chi connectivity index (χ4n) is 3.15. The molecule has 7 nitrogen and oxygen atoms in total. The van der Waals surface area contributed by atoms with E-state index < -0.39 is 22.0 Å². The highest BCUT2D eigenvalue weighted by Crippen LogP contribution is 2.26. The van der Waals surface area contributed by atoms with Gasteiger partial charge < -0.3 is 14.8 Å². The van der Waals surface area contributed by atoms with E-state index in [0.29, 0.717) is 17.2 Å². The Morgan fingerprint density at radius 2 is 1.52 bits per heavy atom. The number of carbonyl (C=O) groups excluding carboxylic acids is 1. The molecule has 174 valence electrons. The third-order valence-corrected chi connectivity index (χ3v) is 6.11. The molecule has 0 aliphatic rings. The van der Waals surface area contributed by atoms with Gasteiger partial charge in [0.25, 0.3) is 5.91 Å². The molecule has 0 bridgehead atoms. The van der Waals surface area contributed by atoms with Crippen LogP contribution in [-0.4, -0.2) is 40.3 Å². The van der Waals surface area contributed by atoms with Crippen molar-refractivity contribution in [2.75, 3.05) is 24.2 Å². The second-order valence-electron chi connectivity index (χ2n) is 7.60. The minimum atomic E-state index is -3.68. The van der Waals surface area contributed by atoms with E-state index in [1.165, 1.54) is 7.05 Å². The first-order valence-corrected chi connectivity index (χ1v) is 12.3. The monoisotopic (exact) mass is 468 g/mol. The van der Waals surface area contributed by atoms with Gasteiger partial charge in [0, 0.05) is 7.05 Å². The standard InChI is InChI=1S/C25H28N2O5S/c1-19-9-13-22(14-10-19)32-23-15-11-21(12-16-23)27(33(3,29)30)17-24(25(28)26-2)31-18-20-7-5-4-6-8-20/h4-16,24H,17-18H2,1-3H3,(H,26,28)/t24-/m0/s1. The van der Waals surface area contributed by atoms with Crippen molar-refractivity contribution < 1.29 is 22.7 Å². The van der Waals surface area contributed by atoms with Crippen molar-refractivity contribution in [3.8, 4) is 11.5 Å². The Labute approximate surface area is 195 Å². The second-order valence-corrected chi connectivity index (χ2v) is 9.51. The quantitative estimate of drug-likeness (QED) is 0.488. The molecule has 0 radical (unpaired) electrons. The molecular formula is C25H28N2O5S. The maximum Gasteiger partial charge on any atom is 0.250 e. The molecule has 0 aromatic heterocycles. The summed E-state index contributed by atoms with van der Waals surface area (Å²) in [5.74, 6) is 0.848. The number of benzene rings is 3. The molecule has 0 aliphatic carbocycles. The Bertz CT molecular complexity index is 1150. The zero-order chi connectivity index (χ0) is 23.8. The highest BCUT2D eigenvalue weighted by Gasteiger charge is 2.27. The summed E-state index contributed by atoms with van der Waals surface area (Å²) in [6, 6.07) is 23.7. The number of anilines is 1. The molecule has 0 aliphatic heterocycles. The smallest absolute Gasteiger partial charge is 0.250 e. The number of nitrogens with zero attached hydrogens (tertiary/aromatic N) is 1. The van der Waals surface area contributed by atoms with Gasteiger partial charge in [-0.05, 0) is 48.9 Å². The van der Waals surface area contributed by atoms with Crippen LogP contribution in [-0.2, 0) is 26.2 Å². The maximum atomic E-state index is 12.6. The van der Waals surface area contributed by atoms with E-state index in [-0.39, 0.29) is 13.2 Å². The lowest BCUT2D eigenvalue weighted by Crippen LogP contribution is -2.45. The lowest BCUT2D eigenvalue weighted by Gasteiger charge is -2.27. The van der Waals surface area contributed by atoms with Crippen molar-refractivity contribution in [2.45, 2.75) is 19.6 Å². The van der Waals surface area contributed by atoms with Crippen LogP contribution in [0.3, 0.4) is 0 Å². The second kappa shape index (κ2) is 11.0. The molecule has 1 amide bonds. The number of sulfonamides is 1. The van der Waals surface area contributed by atoms with Gasteiger partial charge in [-0.1, -0.05) is 48.0 Å². The number of aryl methyl sites for hydroxylation is 1. The van der Waals surface area contributed by atoms with Gasteiger partial charge in [0.2, 0.25) is 10.0 Å². The molecule has 8 heteroatoms. The van der Waals surface area contributed by atoms with Crippen LogP contribution in [0.4, 0.5) is 5.69 Å². The summed E-state index contributed by atoms with van der Waals surface area (Å²) in [5.41, 5.74) is 2.42. The highest BCUT2D eigenvalue weighted by molar-refractivity contribution is 7.92. The Morgan fingerprint density at radius 1 is 0.939 bits per heavy atom. The molecule has 33 heavy (non-hydrogen) atoms. The topological polar surface area (TPSA) is 84.9 Å². The number of nitrogens with one attached hydrogen (secondary N) is 1. The SMILES string of the molecule is CNC(=O)[C@H](CN(c1ccc(Oc2ccc(C)cc2)cc1)S(C)(=O)=O)OCc1ccccc1. The minimum absolute atomic E-state index is 0.163. The van der Waals surface area contributed by atoms with Crippen LogP contribution in [0.5, 0.6) is 11.5 Å². The van der Waals surface area contributed by atoms with Gasteiger partial charge >= 0.3 is 0 Å². The van der Waals surface area contributed by atoms with Gasteiger partial charge in [0.1, 0.15) is 11.5 Å². The molecule has 0 spiro atoms. The molecule has 0 saturated carbocycles. The fourth-order valence-corrected chi connectivity index (χ4v) is 4.06. The Morgan fingerprint density at radius 3 is 2.06 bits per heavy atom. The number of carbonyl (C=O) groups is 1. The number of amides is 1. The van der Waals surface area contributed by atoms with Gasteiger partial charge in [0.05, 0.1) is 25.1 Å². The van der Waals surface area contributed by atoms with Crippen molar-refractivity contribution >= 4 is 21.6 Å². The number of rotatable bonds is 10. The number of ether oxygens (including phenoxy) is 2. The summed E-state index contributed by atoms with van der Waals surface area (Å²) in [6.07, 6.45) is 0.107. The first-order chi connectivity index (χ1) is 15.8. The van der Waals surface area contributed by atoms with E-state index >= 15 is 0 Å². The van der Waals surface area contributed by atoms with Crippen molar-refractivity contribution in [3.05, 3.63) is 90.0 Å². The summed E-state index contributed by atoms with van der Waals surface area (Å²) in [6.45, 7) is 2.01. The average molecular weight is 469 g/mol. The first kappa shape index (κ1) is 24.3. The fraction of sp³-hybridized carbons (Fsp3) is 0.240. The van der Waals surface area contributed by atoms with Crippen molar-refractivity contribution in [2.24, 2.45) is 0 Å². The summed E-state index contributed by atoms with van der Waals surface area (Å²) in [7, 11) is -2.19. The molecule has 1 atom stereocenters. The molecule has 0 heterocycles. The van der Waals surface area contributed by atoms with E-state index in [1.807, 2.05) is 61.5 Å². The predicted octanol–water partition coefficient (Wildman–Crippen LogP) is 3.88. The molecule has 3 rings (SSSR count). The van der Waals surface area contributed by atoms with Gasteiger partial charge in [-0.2, -0.15) is 0 Å². The number of likely N-dealkylation sites (N-methyl/N-ethyl adjacent to an activating group) is 1. The number of hydrogen-bond acceptors (Lipinski definition) is 5. The maximum absolute atomic E-state index is 12.6. The Balaban J connectivity index is 1.77. The summed E-state index contributed by atoms with van der Waals surface area (Å²) >= 11 is 0. The van der Waals surface area contributed by atoms with Gasteiger partial charge in [-0.15, -0.1) is 0 Å². The lowest BCUT2D eigenvalue weighted by molar-refractivity contribution is -0.132. The average Bonchev–Trinajstić information content (AvgIpc) is 2.81. The van der Waals surface area contributed by atoms with E-state index in [9.17, 15) is 13.2 Å². The van der Waals surface area contributed by atoms with Crippen LogP contribution in [0, 0.1) is 6.92 Å². The van der Waals surface area contributed by atoms with Gasteiger partial charge in [-0.25, -0.2) is 8.42 Å². The summed E-state index contributed by atoms with van der Waals surface area (Å²) in [5, 5.41) is 2.54. The zero-order valence-electron chi connectivity index (χ0n) is 18.9. The molecule has 1 N–H and O–H groups in total. The van der Waals surface area contributed by atoms with E-state index in [0.717, 1.165) is 21.7 Å². The van der Waals surface area contributed by atoms with Crippen LogP contribution in [0.2, 0.25) is 0 Å². The third-order valence-electron chi connectivity index (χ3n) is 4.95. The molecule has 3 aromatic carbocycles. The Kier molecular flexibility index (Phi) is 8.08. The zero-order valence-corrected chi connectivity index (χ0v) is 19.7. The molecule has 0 fully saturated rings. The molecule has 3 aromatic rings. The van der Waals surface area contributed by atoms with Crippen LogP contribution >= 0.6 is 0 Å². The molecule has 0 unspecified atom stereocenters. The van der Waals surface area contributed by atoms with E-state index in [2.05, 4.69) is 5.32 Å². The van der Waals surface area contributed by atoms with Crippen molar-refractivity contribution in [1.82, 2.24) is 5.32 Å². The van der Waals surface area contributed by atoms with E-state index in [1.54, 1.807) is 24.3 Å². The predicted molar refractivity (Wildman–Crippen MR) is 129 cm³/mol. The highest BCUT2D eigenvalue weighted by atomic mass is 32.2. The van der Waals surface area contributed by atoms with E-state index in [4.69, 9.17) is 9.47 Å². The minimum Gasteiger partial charge on any atom is -0.457 e. The first-order valence-electron chi connectivity index (χ1n) is 10.5. The van der Waals surface area contributed by atoms with Crippen molar-refractivity contribution in [3.63, 3.8) is 0 Å². The van der Waals surface area contributed by atoms with Crippen molar-refractivity contribution in [1.29, 1.82) is 0 Å². The normalized spacial score (nSPS) is 12.1. The van der Waals surface area contributed by atoms with Crippen LogP contribution in [0.25, 0.3) is 0 Å².